The van der Waals surface area contributed by atoms with Gasteiger partial charge in [0.2, 0.25) is 15.9 Å². The Bertz CT molecular complexity index is 936. The zero-order chi connectivity index (χ0) is 23.5. The average molecular weight is 469 g/mol. The van der Waals surface area contributed by atoms with Crippen LogP contribution in [-0.4, -0.2) is 79.9 Å². The van der Waals surface area contributed by atoms with E-state index in [1.165, 1.54) is 16.4 Å². The zero-order valence-electron chi connectivity index (χ0n) is 18.8. The number of nitrogens with zero attached hydrogens (tertiary/aromatic N) is 3. The molecule has 32 heavy (non-hydrogen) atoms. The summed E-state index contributed by atoms with van der Waals surface area (Å²) in [7, 11) is -3.86. The summed E-state index contributed by atoms with van der Waals surface area (Å²) < 4.78 is 33.1. The number of carbonyl (C=O) groups excluding carboxylic acids is 1. The van der Waals surface area contributed by atoms with Crippen molar-refractivity contribution >= 4 is 21.6 Å². The lowest BCUT2D eigenvalue weighted by Gasteiger charge is -2.35. The fourth-order valence-corrected chi connectivity index (χ4v) is 6.14. The number of aryl methyl sites for hydroxylation is 1. The molecule has 10 nitrogen and oxygen atoms in total. The third-order valence-electron chi connectivity index (χ3n) is 6.05. The topological polar surface area (TPSA) is 122 Å². The number of sulfonamides is 1. The number of ether oxygens (including phenoxy) is 1. The highest BCUT2D eigenvalue weighted by atomic mass is 32.2. The quantitative estimate of drug-likeness (QED) is 0.476. The first-order valence-corrected chi connectivity index (χ1v) is 12.4. The van der Waals surface area contributed by atoms with Gasteiger partial charge in [-0.15, -0.1) is 0 Å². The van der Waals surface area contributed by atoms with Gasteiger partial charge in [-0.3, -0.25) is 19.8 Å². The molecule has 2 atom stereocenters. The van der Waals surface area contributed by atoms with Gasteiger partial charge >= 0.3 is 0 Å². The highest BCUT2D eigenvalue weighted by Gasteiger charge is 2.33. The zero-order valence-corrected chi connectivity index (χ0v) is 19.6. The maximum Gasteiger partial charge on any atom is 0.270 e. The monoisotopic (exact) mass is 468 g/mol. The van der Waals surface area contributed by atoms with Gasteiger partial charge < -0.3 is 10.1 Å². The van der Waals surface area contributed by atoms with Crippen LogP contribution in [0.2, 0.25) is 0 Å². The third kappa shape index (κ3) is 5.83. The number of nitro groups is 1. The van der Waals surface area contributed by atoms with Crippen LogP contribution in [0.1, 0.15) is 32.3 Å². The second-order valence-electron chi connectivity index (χ2n) is 8.69. The number of nitro benzene ring substituents is 1. The Balaban J connectivity index is 1.51. The Hall–Kier alpha value is -2.08. The molecule has 11 heteroatoms. The Labute approximate surface area is 189 Å². The van der Waals surface area contributed by atoms with E-state index in [0.29, 0.717) is 24.9 Å². The third-order valence-corrected chi connectivity index (χ3v) is 8.09. The van der Waals surface area contributed by atoms with E-state index in [-0.39, 0.29) is 47.7 Å². The Kier molecular flexibility index (Phi) is 7.86. The molecule has 1 aromatic rings. The molecule has 0 spiro atoms. The second kappa shape index (κ2) is 10.2. The van der Waals surface area contributed by atoms with Crippen molar-refractivity contribution in [2.75, 3.05) is 39.3 Å². The summed E-state index contributed by atoms with van der Waals surface area (Å²) in [6.07, 6.45) is 1.20. The molecule has 0 aromatic heterocycles. The molecule has 0 unspecified atom stereocenters. The lowest BCUT2D eigenvalue weighted by Crippen LogP contribution is -2.48. The van der Waals surface area contributed by atoms with E-state index in [2.05, 4.69) is 10.2 Å². The van der Waals surface area contributed by atoms with Crippen molar-refractivity contribution in [2.24, 2.45) is 5.92 Å². The maximum atomic E-state index is 13.0. The smallest absolute Gasteiger partial charge is 0.270 e. The highest BCUT2D eigenvalue weighted by Crippen LogP contribution is 2.28. The van der Waals surface area contributed by atoms with Gasteiger partial charge in [0.05, 0.1) is 22.0 Å². The number of hydrogen-bond acceptors (Lipinski definition) is 7. The normalized spacial score (nSPS) is 23.7. The predicted molar refractivity (Wildman–Crippen MR) is 119 cm³/mol. The van der Waals surface area contributed by atoms with Crippen LogP contribution in [0.25, 0.3) is 0 Å². The molecule has 0 saturated carbocycles. The number of nitrogens with one attached hydrogen (secondary N) is 1. The van der Waals surface area contributed by atoms with Crippen molar-refractivity contribution in [3.05, 3.63) is 33.9 Å². The van der Waals surface area contributed by atoms with Crippen LogP contribution < -0.4 is 5.32 Å². The maximum absolute atomic E-state index is 13.0. The fraction of sp³-hybridized carbons (Fsp3) is 0.667. The molecular formula is C21H32N4O6S. The fourth-order valence-electron chi connectivity index (χ4n) is 4.43. The number of rotatable bonds is 7. The van der Waals surface area contributed by atoms with Gasteiger partial charge in [-0.1, -0.05) is 6.07 Å². The predicted octanol–water partition coefficient (Wildman–Crippen LogP) is 1.53. The summed E-state index contributed by atoms with van der Waals surface area (Å²) in [5.41, 5.74) is 0.203. The number of amides is 1. The van der Waals surface area contributed by atoms with Crippen molar-refractivity contribution in [1.29, 1.82) is 0 Å². The minimum atomic E-state index is -3.86. The number of piperidine rings is 1. The van der Waals surface area contributed by atoms with Crippen molar-refractivity contribution in [3.8, 4) is 0 Å². The Morgan fingerprint density at radius 3 is 2.44 bits per heavy atom. The van der Waals surface area contributed by atoms with Gasteiger partial charge in [0.25, 0.3) is 5.69 Å². The van der Waals surface area contributed by atoms with Crippen molar-refractivity contribution in [1.82, 2.24) is 14.5 Å². The molecule has 3 rings (SSSR count). The first-order valence-electron chi connectivity index (χ1n) is 11.0. The van der Waals surface area contributed by atoms with Gasteiger partial charge in [-0.05, 0) is 39.2 Å². The van der Waals surface area contributed by atoms with Crippen LogP contribution in [0.3, 0.4) is 0 Å². The number of hydrogen-bond donors (Lipinski definition) is 1. The van der Waals surface area contributed by atoms with Gasteiger partial charge in [-0.25, -0.2) is 8.42 Å². The minimum absolute atomic E-state index is 0.0523. The van der Waals surface area contributed by atoms with Crippen molar-refractivity contribution in [3.63, 3.8) is 0 Å². The molecular weight excluding hydrogens is 436 g/mol. The summed E-state index contributed by atoms with van der Waals surface area (Å²) in [4.78, 5) is 25.2. The molecule has 2 heterocycles. The molecule has 1 amide bonds. The van der Waals surface area contributed by atoms with E-state index in [1.807, 2.05) is 13.8 Å². The molecule has 0 aliphatic carbocycles. The standard InChI is InChI=1S/C21H32N4O6S/c1-15-4-5-19(25(27)28)12-20(15)32(29,30)24-9-6-18(7-10-24)21(26)22-8-11-23-13-16(2)31-17(3)14-23/h4-5,12,16-18H,6-11,13-14H2,1-3H3,(H,22,26)/t16-,17-/m1/s1. The highest BCUT2D eigenvalue weighted by molar-refractivity contribution is 7.89. The molecule has 2 fully saturated rings. The van der Waals surface area contributed by atoms with E-state index in [0.717, 1.165) is 25.7 Å². The van der Waals surface area contributed by atoms with Crippen LogP contribution in [0.4, 0.5) is 5.69 Å². The Morgan fingerprint density at radius 1 is 1.22 bits per heavy atom. The first kappa shape index (κ1) is 24.6. The molecule has 1 aromatic carbocycles. The van der Waals surface area contributed by atoms with Crippen LogP contribution in [0.15, 0.2) is 23.1 Å². The number of benzene rings is 1. The van der Waals surface area contributed by atoms with Gasteiger partial charge in [-0.2, -0.15) is 4.31 Å². The SMILES string of the molecule is Cc1ccc([N+](=O)[O-])cc1S(=O)(=O)N1CCC(C(=O)NCCN2C[C@@H](C)O[C@H](C)C2)CC1. The lowest BCUT2D eigenvalue weighted by molar-refractivity contribution is -0.385. The summed E-state index contributed by atoms with van der Waals surface area (Å²) in [5, 5.41) is 14.0. The summed E-state index contributed by atoms with van der Waals surface area (Å²) >= 11 is 0. The van der Waals surface area contributed by atoms with Crippen LogP contribution in [0.5, 0.6) is 0 Å². The Morgan fingerprint density at radius 2 is 1.84 bits per heavy atom. The molecule has 0 bridgehead atoms. The van der Waals surface area contributed by atoms with E-state index in [4.69, 9.17) is 4.74 Å². The van der Waals surface area contributed by atoms with Crippen molar-refractivity contribution < 1.29 is 22.9 Å². The van der Waals surface area contributed by atoms with Crippen LogP contribution >= 0.6 is 0 Å². The van der Waals surface area contributed by atoms with E-state index in [9.17, 15) is 23.3 Å². The number of non-ortho nitro benzene ring substituents is 1. The van der Waals surface area contributed by atoms with Crippen LogP contribution in [-0.2, 0) is 19.6 Å². The number of morpholine rings is 1. The molecule has 2 saturated heterocycles. The summed E-state index contributed by atoms with van der Waals surface area (Å²) in [6.45, 7) is 9.10. The minimum Gasteiger partial charge on any atom is -0.373 e. The lowest BCUT2D eigenvalue weighted by atomic mass is 9.97. The van der Waals surface area contributed by atoms with E-state index < -0.39 is 14.9 Å². The van der Waals surface area contributed by atoms with Gasteiger partial charge in [0.15, 0.2) is 0 Å². The molecule has 2 aliphatic heterocycles. The van der Waals surface area contributed by atoms with Crippen LogP contribution in [0, 0.1) is 23.0 Å². The summed E-state index contributed by atoms with van der Waals surface area (Å²) in [5.74, 6) is -0.293. The van der Waals surface area contributed by atoms with Gasteiger partial charge in [0, 0.05) is 57.3 Å². The molecule has 178 valence electrons. The first-order chi connectivity index (χ1) is 15.1. The summed E-state index contributed by atoms with van der Waals surface area (Å²) in [6, 6.07) is 3.85. The van der Waals surface area contributed by atoms with E-state index in [1.54, 1.807) is 6.92 Å². The second-order valence-corrected chi connectivity index (χ2v) is 10.6. The molecule has 2 aliphatic rings. The van der Waals surface area contributed by atoms with E-state index >= 15 is 0 Å². The molecule has 0 radical (unpaired) electrons. The molecule has 1 N–H and O–H groups in total. The average Bonchev–Trinajstić information content (AvgIpc) is 2.73. The van der Waals surface area contributed by atoms with Crippen molar-refractivity contribution in [2.45, 2.75) is 50.7 Å². The van der Waals surface area contributed by atoms with Gasteiger partial charge in [0.1, 0.15) is 0 Å². The largest absolute Gasteiger partial charge is 0.373 e. The number of carbonyl (C=O) groups is 1.